The van der Waals surface area contributed by atoms with E-state index >= 15 is 0 Å². The average Bonchev–Trinajstić information content (AvgIpc) is 2.99. The van der Waals surface area contributed by atoms with E-state index in [1.54, 1.807) is 0 Å². The fourth-order valence-corrected chi connectivity index (χ4v) is 5.21. The van der Waals surface area contributed by atoms with Gasteiger partial charge in [0.15, 0.2) is 0 Å². The van der Waals surface area contributed by atoms with Gasteiger partial charge >= 0.3 is 0 Å². The van der Waals surface area contributed by atoms with Gasteiger partial charge in [0.1, 0.15) is 0 Å². The van der Waals surface area contributed by atoms with Gasteiger partial charge in [0.25, 0.3) is 0 Å². The number of aryl methyl sites for hydroxylation is 2. The second kappa shape index (κ2) is 7.92. The first-order chi connectivity index (χ1) is 13.1. The maximum atomic E-state index is 13.4. The number of hydrogen-bond donors (Lipinski definition) is 0. The molecule has 1 aromatic heterocycles. The summed E-state index contributed by atoms with van der Waals surface area (Å²) in [6, 6.07) is 0. The van der Waals surface area contributed by atoms with Gasteiger partial charge in [-0.2, -0.15) is 5.10 Å². The molecule has 0 aliphatic carbocycles. The second-order valence-electron chi connectivity index (χ2n) is 8.88. The lowest BCUT2D eigenvalue weighted by Gasteiger charge is -2.47. The third-order valence-electron chi connectivity index (χ3n) is 6.97. The molecule has 6 nitrogen and oxygen atoms in total. The van der Waals surface area contributed by atoms with Crippen molar-refractivity contribution in [1.82, 2.24) is 19.6 Å². The molecule has 3 aliphatic rings. The molecule has 6 heteroatoms. The maximum Gasteiger partial charge on any atom is 0.228 e. The standard InChI is InChI=1S/C21H34N4O2/c1-17-19(15-23(2)22-17)16-24-10-7-21(8-11-24)6-3-9-25(20(21)26)14-18-4-12-27-13-5-18/h15,18H,3-14,16H2,1-2H3. The van der Waals surface area contributed by atoms with Crippen molar-refractivity contribution in [3.63, 3.8) is 0 Å². The number of rotatable bonds is 4. The lowest BCUT2D eigenvalue weighted by Crippen LogP contribution is -2.54. The number of nitrogens with zero attached hydrogens (tertiary/aromatic N) is 4. The minimum Gasteiger partial charge on any atom is -0.381 e. The summed E-state index contributed by atoms with van der Waals surface area (Å²) < 4.78 is 7.38. The predicted octanol–water partition coefficient (Wildman–Crippen LogP) is 2.36. The van der Waals surface area contributed by atoms with Crippen molar-refractivity contribution >= 4 is 5.91 Å². The molecule has 3 fully saturated rings. The van der Waals surface area contributed by atoms with Crippen molar-refractivity contribution in [2.45, 2.75) is 52.0 Å². The quantitative estimate of drug-likeness (QED) is 0.812. The smallest absolute Gasteiger partial charge is 0.228 e. The van der Waals surface area contributed by atoms with E-state index in [2.05, 4.69) is 28.0 Å². The van der Waals surface area contributed by atoms with E-state index in [9.17, 15) is 4.79 Å². The number of amides is 1. The van der Waals surface area contributed by atoms with Crippen LogP contribution in [0.2, 0.25) is 0 Å². The molecule has 0 aromatic carbocycles. The van der Waals surface area contributed by atoms with E-state index in [0.717, 1.165) is 90.2 Å². The summed E-state index contributed by atoms with van der Waals surface area (Å²) in [6.45, 7) is 8.70. The van der Waals surface area contributed by atoms with Crippen molar-refractivity contribution in [1.29, 1.82) is 0 Å². The molecule has 0 radical (unpaired) electrons. The lowest BCUT2D eigenvalue weighted by molar-refractivity contribution is -0.151. The minimum absolute atomic E-state index is 0.0934. The Morgan fingerprint density at radius 3 is 2.59 bits per heavy atom. The third-order valence-corrected chi connectivity index (χ3v) is 6.97. The Labute approximate surface area is 162 Å². The van der Waals surface area contributed by atoms with Crippen LogP contribution in [0.25, 0.3) is 0 Å². The molecule has 0 bridgehead atoms. The van der Waals surface area contributed by atoms with E-state index in [1.807, 2.05) is 11.7 Å². The Balaban J connectivity index is 1.34. The predicted molar refractivity (Wildman–Crippen MR) is 104 cm³/mol. The number of hydrogen-bond acceptors (Lipinski definition) is 4. The molecule has 3 saturated heterocycles. The van der Waals surface area contributed by atoms with Crippen molar-refractivity contribution in [2.75, 3.05) is 39.4 Å². The summed E-state index contributed by atoms with van der Waals surface area (Å²) in [6.07, 6.45) is 8.60. The summed E-state index contributed by atoms with van der Waals surface area (Å²) in [4.78, 5) is 18.1. The molecule has 27 heavy (non-hydrogen) atoms. The van der Waals surface area contributed by atoms with Crippen LogP contribution in [0.15, 0.2) is 6.20 Å². The SMILES string of the molecule is Cc1nn(C)cc1CN1CCC2(CCCN(CC3CCOCC3)C2=O)CC1. The van der Waals surface area contributed by atoms with Gasteiger partial charge in [-0.15, -0.1) is 0 Å². The Kier molecular flexibility index (Phi) is 5.55. The van der Waals surface area contributed by atoms with Crippen LogP contribution < -0.4 is 0 Å². The van der Waals surface area contributed by atoms with Crippen LogP contribution in [0.3, 0.4) is 0 Å². The summed E-state index contributed by atoms with van der Waals surface area (Å²) in [5.41, 5.74) is 2.34. The molecule has 0 atom stereocenters. The van der Waals surface area contributed by atoms with E-state index in [-0.39, 0.29) is 5.41 Å². The van der Waals surface area contributed by atoms with Gasteiger partial charge in [0, 0.05) is 51.7 Å². The Morgan fingerprint density at radius 1 is 1.19 bits per heavy atom. The second-order valence-corrected chi connectivity index (χ2v) is 8.88. The molecule has 0 N–H and O–H groups in total. The molecular weight excluding hydrogens is 340 g/mol. The van der Waals surface area contributed by atoms with Gasteiger partial charge in [-0.3, -0.25) is 14.4 Å². The molecule has 4 rings (SSSR count). The first-order valence-corrected chi connectivity index (χ1v) is 10.6. The van der Waals surface area contributed by atoms with Crippen LogP contribution in [-0.4, -0.2) is 64.9 Å². The molecule has 0 saturated carbocycles. The Morgan fingerprint density at radius 2 is 1.93 bits per heavy atom. The van der Waals surface area contributed by atoms with Crippen LogP contribution in [0, 0.1) is 18.3 Å². The highest BCUT2D eigenvalue weighted by atomic mass is 16.5. The topological polar surface area (TPSA) is 50.6 Å². The number of carbonyl (C=O) groups is 1. The highest BCUT2D eigenvalue weighted by Crippen LogP contribution is 2.41. The van der Waals surface area contributed by atoms with Crippen molar-refractivity contribution in [3.05, 3.63) is 17.5 Å². The van der Waals surface area contributed by atoms with Crippen molar-refractivity contribution < 1.29 is 9.53 Å². The highest BCUT2D eigenvalue weighted by Gasteiger charge is 2.45. The van der Waals surface area contributed by atoms with Gasteiger partial charge in [-0.05, 0) is 64.5 Å². The summed E-state index contributed by atoms with van der Waals surface area (Å²) >= 11 is 0. The number of piperidine rings is 2. The zero-order chi connectivity index (χ0) is 18.9. The average molecular weight is 375 g/mol. The fourth-order valence-electron chi connectivity index (χ4n) is 5.21. The monoisotopic (exact) mass is 374 g/mol. The zero-order valence-corrected chi connectivity index (χ0v) is 17.0. The molecule has 3 aliphatic heterocycles. The minimum atomic E-state index is -0.0934. The normalized spacial score (nSPS) is 24.7. The van der Waals surface area contributed by atoms with Crippen molar-refractivity contribution in [2.24, 2.45) is 18.4 Å². The number of ether oxygens (including phenoxy) is 1. The van der Waals surface area contributed by atoms with Gasteiger partial charge in [0.05, 0.1) is 11.1 Å². The molecule has 4 heterocycles. The van der Waals surface area contributed by atoms with Crippen LogP contribution >= 0.6 is 0 Å². The first-order valence-electron chi connectivity index (χ1n) is 10.6. The molecule has 0 unspecified atom stereocenters. The van der Waals surface area contributed by atoms with Crippen LogP contribution in [-0.2, 0) is 23.1 Å². The molecule has 1 aromatic rings. The van der Waals surface area contributed by atoms with Gasteiger partial charge in [0.2, 0.25) is 5.91 Å². The van der Waals surface area contributed by atoms with Gasteiger partial charge in [-0.1, -0.05) is 0 Å². The fraction of sp³-hybridized carbons (Fsp3) is 0.810. The van der Waals surface area contributed by atoms with E-state index in [1.165, 1.54) is 5.56 Å². The number of carbonyl (C=O) groups excluding carboxylic acids is 1. The van der Waals surface area contributed by atoms with Crippen LogP contribution in [0.1, 0.15) is 49.8 Å². The lowest BCUT2D eigenvalue weighted by atomic mass is 9.71. The van der Waals surface area contributed by atoms with Crippen LogP contribution in [0.4, 0.5) is 0 Å². The molecule has 1 spiro atoms. The van der Waals surface area contributed by atoms with Gasteiger partial charge < -0.3 is 9.64 Å². The van der Waals surface area contributed by atoms with E-state index in [4.69, 9.17) is 4.74 Å². The zero-order valence-electron chi connectivity index (χ0n) is 17.0. The van der Waals surface area contributed by atoms with Crippen molar-refractivity contribution in [3.8, 4) is 0 Å². The van der Waals surface area contributed by atoms with E-state index in [0.29, 0.717) is 11.8 Å². The Hall–Kier alpha value is -1.40. The molecule has 150 valence electrons. The summed E-state index contributed by atoms with van der Waals surface area (Å²) in [5, 5.41) is 4.46. The summed E-state index contributed by atoms with van der Waals surface area (Å²) in [5.74, 6) is 1.07. The number of aromatic nitrogens is 2. The molecular formula is C21H34N4O2. The largest absolute Gasteiger partial charge is 0.381 e. The van der Waals surface area contributed by atoms with Gasteiger partial charge in [-0.25, -0.2) is 0 Å². The van der Waals surface area contributed by atoms with Crippen LogP contribution in [0.5, 0.6) is 0 Å². The Bertz CT molecular complexity index is 657. The number of likely N-dealkylation sites (tertiary alicyclic amines) is 2. The third kappa shape index (κ3) is 4.06. The van der Waals surface area contributed by atoms with E-state index < -0.39 is 0 Å². The summed E-state index contributed by atoms with van der Waals surface area (Å²) in [7, 11) is 1.98. The molecule has 1 amide bonds. The maximum absolute atomic E-state index is 13.4. The highest BCUT2D eigenvalue weighted by molar-refractivity contribution is 5.83. The first kappa shape index (κ1) is 18.9.